The second-order valence-corrected chi connectivity index (χ2v) is 5.41. The lowest BCUT2D eigenvalue weighted by molar-refractivity contribution is 0.171. The summed E-state index contributed by atoms with van der Waals surface area (Å²) < 4.78 is 5.06. The fourth-order valence-corrected chi connectivity index (χ4v) is 2.70. The highest BCUT2D eigenvalue weighted by molar-refractivity contribution is 7.07. The molecule has 0 saturated carbocycles. The molecule has 0 bridgehead atoms. The van der Waals surface area contributed by atoms with Crippen molar-refractivity contribution in [3.63, 3.8) is 0 Å². The molecule has 0 amide bonds. The normalized spacial score (nSPS) is 13.9. The van der Waals surface area contributed by atoms with Crippen LogP contribution in [0.3, 0.4) is 0 Å². The van der Waals surface area contributed by atoms with E-state index in [0.717, 1.165) is 11.1 Å². The summed E-state index contributed by atoms with van der Waals surface area (Å²) in [6.07, 6.45) is -0.538. The molecule has 20 heavy (non-hydrogen) atoms. The summed E-state index contributed by atoms with van der Waals surface area (Å²) in [6, 6.07) is 7.06. The van der Waals surface area contributed by atoms with E-state index in [-0.39, 0.29) is 11.8 Å². The summed E-state index contributed by atoms with van der Waals surface area (Å²) in [5.41, 5.74) is 1.69. The van der Waals surface area contributed by atoms with Gasteiger partial charge in [-0.25, -0.2) is 0 Å². The highest BCUT2D eigenvalue weighted by atomic mass is 32.1. The smallest absolute Gasteiger partial charge is 0.124 e. The summed E-state index contributed by atoms with van der Waals surface area (Å²) in [5, 5.41) is 27.1. The number of thiophene rings is 1. The SMILES string of the molecule is COc1ccc(C(C)NCC(O)c2ccsc2)c(O)c1. The molecule has 108 valence electrons. The van der Waals surface area contributed by atoms with Crippen LogP contribution < -0.4 is 10.1 Å². The Bertz CT molecular complexity index is 542. The fraction of sp³-hybridized carbons (Fsp3) is 0.333. The summed E-state index contributed by atoms with van der Waals surface area (Å²) >= 11 is 1.56. The number of benzene rings is 1. The molecule has 1 aromatic carbocycles. The van der Waals surface area contributed by atoms with E-state index in [4.69, 9.17) is 4.74 Å². The molecule has 0 radical (unpaired) electrons. The van der Waals surface area contributed by atoms with Crippen molar-refractivity contribution in [3.8, 4) is 11.5 Å². The van der Waals surface area contributed by atoms with Crippen molar-refractivity contribution in [1.29, 1.82) is 0 Å². The van der Waals surface area contributed by atoms with E-state index >= 15 is 0 Å². The van der Waals surface area contributed by atoms with Crippen molar-refractivity contribution >= 4 is 11.3 Å². The Morgan fingerprint density at radius 3 is 2.75 bits per heavy atom. The van der Waals surface area contributed by atoms with Crippen LogP contribution in [0.25, 0.3) is 0 Å². The molecule has 1 heterocycles. The van der Waals surface area contributed by atoms with E-state index in [9.17, 15) is 10.2 Å². The van der Waals surface area contributed by atoms with E-state index in [1.807, 2.05) is 35.9 Å². The second kappa shape index (κ2) is 6.74. The predicted octanol–water partition coefficient (Wildman–Crippen LogP) is 2.85. The molecule has 2 atom stereocenters. The van der Waals surface area contributed by atoms with Gasteiger partial charge in [0.2, 0.25) is 0 Å². The van der Waals surface area contributed by atoms with Crippen LogP contribution in [0.15, 0.2) is 35.0 Å². The van der Waals surface area contributed by atoms with Crippen molar-refractivity contribution in [1.82, 2.24) is 5.32 Å². The van der Waals surface area contributed by atoms with Gasteiger partial charge in [0.15, 0.2) is 0 Å². The predicted molar refractivity (Wildman–Crippen MR) is 80.4 cm³/mol. The molecule has 0 spiro atoms. The molecule has 0 aliphatic heterocycles. The first kappa shape index (κ1) is 14.8. The lowest BCUT2D eigenvalue weighted by Gasteiger charge is -2.18. The van der Waals surface area contributed by atoms with Gasteiger partial charge in [0.25, 0.3) is 0 Å². The van der Waals surface area contributed by atoms with Crippen LogP contribution in [0, 0.1) is 0 Å². The zero-order chi connectivity index (χ0) is 14.5. The van der Waals surface area contributed by atoms with Gasteiger partial charge in [0.05, 0.1) is 13.2 Å². The van der Waals surface area contributed by atoms with Crippen molar-refractivity contribution in [2.24, 2.45) is 0 Å². The number of nitrogens with one attached hydrogen (secondary N) is 1. The lowest BCUT2D eigenvalue weighted by atomic mass is 10.1. The van der Waals surface area contributed by atoms with Gasteiger partial charge in [-0.1, -0.05) is 6.07 Å². The minimum atomic E-state index is -0.538. The van der Waals surface area contributed by atoms with Gasteiger partial charge < -0.3 is 20.3 Å². The Hall–Kier alpha value is -1.56. The van der Waals surface area contributed by atoms with E-state index in [1.54, 1.807) is 24.5 Å². The molecule has 3 N–H and O–H groups in total. The van der Waals surface area contributed by atoms with E-state index < -0.39 is 6.10 Å². The zero-order valence-electron chi connectivity index (χ0n) is 11.5. The van der Waals surface area contributed by atoms with Crippen molar-refractivity contribution in [2.75, 3.05) is 13.7 Å². The molecular formula is C15H19NO3S. The minimum Gasteiger partial charge on any atom is -0.507 e. The third-order valence-electron chi connectivity index (χ3n) is 3.25. The van der Waals surface area contributed by atoms with Gasteiger partial charge in [-0.3, -0.25) is 0 Å². The number of rotatable bonds is 6. The van der Waals surface area contributed by atoms with Crippen LogP contribution in [0.5, 0.6) is 11.5 Å². The standard InChI is InChI=1S/C15H19NO3S/c1-10(13-4-3-12(19-2)7-14(13)17)16-8-15(18)11-5-6-20-9-11/h3-7,9-10,15-18H,8H2,1-2H3. The molecule has 2 aromatic rings. The summed E-state index contributed by atoms with van der Waals surface area (Å²) in [4.78, 5) is 0. The number of methoxy groups -OCH3 is 1. The Morgan fingerprint density at radius 1 is 1.35 bits per heavy atom. The molecule has 0 fully saturated rings. The van der Waals surface area contributed by atoms with Gasteiger partial charge in [0.1, 0.15) is 11.5 Å². The molecule has 5 heteroatoms. The van der Waals surface area contributed by atoms with Crippen LogP contribution in [0.1, 0.15) is 30.2 Å². The highest BCUT2D eigenvalue weighted by Gasteiger charge is 2.14. The van der Waals surface area contributed by atoms with Gasteiger partial charge >= 0.3 is 0 Å². The number of phenolic OH excluding ortho intramolecular Hbond substituents is 1. The molecule has 0 aliphatic carbocycles. The first-order valence-corrected chi connectivity index (χ1v) is 7.36. The molecule has 0 saturated heterocycles. The second-order valence-electron chi connectivity index (χ2n) is 4.63. The number of aromatic hydroxyl groups is 1. The van der Waals surface area contributed by atoms with Crippen LogP contribution in [-0.4, -0.2) is 23.9 Å². The number of ether oxygens (including phenoxy) is 1. The van der Waals surface area contributed by atoms with E-state index in [2.05, 4.69) is 5.32 Å². The van der Waals surface area contributed by atoms with Gasteiger partial charge in [-0.05, 0) is 35.4 Å². The maximum atomic E-state index is 10.0. The number of aliphatic hydroxyl groups excluding tert-OH is 1. The molecular weight excluding hydrogens is 274 g/mol. The first-order chi connectivity index (χ1) is 9.61. The summed E-state index contributed by atoms with van der Waals surface area (Å²) in [7, 11) is 1.56. The topological polar surface area (TPSA) is 61.7 Å². The number of hydrogen-bond acceptors (Lipinski definition) is 5. The van der Waals surface area contributed by atoms with Crippen LogP contribution in [-0.2, 0) is 0 Å². The average Bonchev–Trinajstić information content (AvgIpc) is 2.98. The Labute approximate surface area is 122 Å². The van der Waals surface area contributed by atoms with Crippen molar-refractivity contribution < 1.29 is 14.9 Å². The van der Waals surface area contributed by atoms with Crippen molar-refractivity contribution in [3.05, 3.63) is 46.2 Å². The number of hydrogen-bond donors (Lipinski definition) is 3. The summed E-state index contributed by atoms with van der Waals surface area (Å²) in [6.45, 7) is 2.38. The van der Waals surface area contributed by atoms with Gasteiger partial charge in [-0.15, -0.1) is 0 Å². The van der Waals surface area contributed by atoms with Crippen LogP contribution >= 0.6 is 11.3 Å². The fourth-order valence-electron chi connectivity index (χ4n) is 2.00. The zero-order valence-corrected chi connectivity index (χ0v) is 12.4. The van der Waals surface area contributed by atoms with Crippen molar-refractivity contribution in [2.45, 2.75) is 19.1 Å². The third kappa shape index (κ3) is 3.50. The molecule has 2 unspecified atom stereocenters. The van der Waals surface area contributed by atoms with E-state index in [1.165, 1.54) is 0 Å². The largest absolute Gasteiger partial charge is 0.507 e. The third-order valence-corrected chi connectivity index (χ3v) is 3.95. The van der Waals surface area contributed by atoms with Crippen LogP contribution in [0.2, 0.25) is 0 Å². The number of phenols is 1. The molecule has 4 nitrogen and oxygen atoms in total. The molecule has 2 rings (SSSR count). The highest BCUT2D eigenvalue weighted by Crippen LogP contribution is 2.28. The Balaban J connectivity index is 1.96. The summed E-state index contributed by atoms with van der Waals surface area (Å²) in [5.74, 6) is 0.811. The average molecular weight is 293 g/mol. The first-order valence-electron chi connectivity index (χ1n) is 6.42. The maximum absolute atomic E-state index is 10.0. The molecule has 0 aliphatic rings. The Morgan fingerprint density at radius 2 is 2.15 bits per heavy atom. The van der Waals surface area contributed by atoms with Crippen LogP contribution in [0.4, 0.5) is 0 Å². The minimum absolute atomic E-state index is 0.0609. The Kier molecular flexibility index (Phi) is 5.00. The van der Waals surface area contributed by atoms with Gasteiger partial charge in [-0.2, -0.15) is 11.3 Å². The number of aliphatic hydroxyl groups is 1. The van der Waals surface area contributed by atoms with Gasteiger partial charge in [0, 0.05) is 24.2 Å². The maximum Gasteiger partial charge on any atom is 0.124 e. The monoisotopic (exact) mass is 293 g/mol. The molecule has 1 aromatic heterocycles. The lowest BCUT2D eigenvalue weighted by Crippen LogP contribution is -2.24. The van der Waals surface area contributed by atoms with E-state index in [0.29, 0.717) is 12.3 Å². The quantitative estimate of drug-likeness (QED) is 0.766.